The van der Waals surface area contributed by atoms with Crippen molar-refractivity contribution in [3.8, 4) is 0 Å². The third-order valence-electron chi connectivity index (χ3n) is 1.19. The van der Waals surface area contributed by atoms with Gasteiger partial charge in [0.1, 0.15) is 18.1 Å². The molecular weight excluding hydrogens is 132 g/mol. The van der Waals surface area contributed by atoms with E-state index in [9.17, 15) is 4.79 Å². The van der Waals surface area contributed by atoms with Crippen LogP contribution in [0.2, 0.25) is 0 Å². The van der Waals surface area contributed by atoms with Gasteiger partial charge in [-0.3, -0.25) is 4.79 Å². The predicted octanol–water partition coefficient (Wildman–Crippen LogP) is 1.15. The summed E-state index contributed by atoms with van der Waals surface area (Å²) in [5, 5.41) is 8.92. The Kier molecular flexibility index (Phi) is 1.87. The molecule has 0 saturated carbocycles. The van der Waals surface area contributed by atoms with E-state index in [0.29, 0.717) is 17.6 Å². The van der Waals surface area contributed by atoms with Gasteiger partial charge in [-0.15, -0.1) is 0 Å². The summed E-state index contributed by atoms with van der Waals surface area (Å²) in [6.45, 7) is 1.58. The maximum atomic E-state index is 10.1. The van der Waals surface area contributed by atoms with E-state index in [1.807, 2.05) is 0 Å². The Morgan fingerprint density at radius 1 is 1.80 bits per heavy atom. The highest BCUT2D eigenvalue weighted by Gasteiger charge is 2.05. The molecule has 1 heterocycles. The molecule has 0 fully saturated rings. The van der Waals surface area contributed by atoms with Crippen molar-refractivity contribution in [3.05, 3.63) is 23.7 Å². The van der Waals surface area contributed by atoms with Gasteiger partial charge >= 0.3 is 0 Å². The quantitative estimate of drug-likeness (QED) is 0.627. The summed E-state index contributed by atoms with van der Waals surface area (Å²) >= 11 is 0. The second-order valence-corrected chi connectivity index (χ2v) is 2.08. The third kappa shape index (κ3) is 1.25. The van der Waals surface area contributed by atoms with Crippen LogP contribution in [0.5, 0.6) is 0 Å². The van der Waals surface area contributed by atoms with E-state index < -0.39 is 6.10 Å². The van der Waals surface area contributed by atoms with Crippen LogP contribution >= 0.6 is 0 Å². The Bertz CT molecular complexity index is 225. The van der Waals surface area contributed by atoms with Gasteiger partial charge in [0, 0.05) is 0 Å². The second-order valence-electron chi connectivity index (χ2n) is 2.08. The highest BCUT2D eigenvalue weighted by molar-refractivity contribution is 5.74. The zero-order valence-electron chi connectivity index (χ0n) is 5.57. The molecule has 0 radical (unpaired) electrons. The van der Waals surface area contributed by atoms with Crippen molar-refractivity contribution >= 4 is 6.29 Å². The average Bonchev–Trinajstić information content (AvgIpc) is 2.34. The summed E-state index contributed by atoms with van der Waals surface area (Å²) < 4.78 is 4.84. The van der Waals surface area contributed by atoms with Gasteiger partial charge in [-0.25, -0.2) is 0 Å². The average molecular weight is 140 g/mol. The molecule has 1 atom stereocenters. The minimum Gasteiger partial charge on any atom is -0.466 e. The van der Waals surface area contributed by atoms with Crippen molar-refractivity contribution in [2.24, 2.45) is 0 Å². The monoisotopic (exact) mass is 140 g/mol. The second kappa shape index (κ2) is 2.66. The van der Waals surface area contributed by atoms with Crippen LogP contribution < -0.4 is 0 Å². The van der Waals surface area contributed by atoms with E-state index in [4.69, 9.17) is 9.52 Å². The Labute approximate surface area is 58.3 Å². The topological polar surface area (TPSA) is 50.4 Å². The summed E-state index contributed by atoms with van der Waals surface area (Å²) in [6, 6.07) is 1.51. The standard InChI is InChI=1S/C7H8O3/c1-5(9)7-2-6(3-8)4-10-7/h2-5,9H,1H3/t5-/m0/s1. The molecule has 0 aliphatic heterocycles. The zero-order valence-corrected chi connectivity index (χ0v) is 5.57. The molecule has 1 aromatic heterocycles. The normalized spacial score (nSPS) is 13.0. The largest absolute Gasteiger partial charge is 0.466 e. The van der Waals surface area contributed by atoms with Gasteiger partial charge in [-0.05, 0) is 13.0 Å². The van der Waals surface area contributed by atoms with E-state index in [1.54, 1.807) is 6.92 Å². The van der Waals surface area contributed by atoms with Gasteiger partial charge in [0.15, 0.2) is 6.29 Å². The Hall–Kier alpha value is -1.09. The number of carbonyl (C=O) groups is 1. The van der Waals surface area contributed by atoms with Crippen LogP contribution in [0.3, 0.4) is 0 Å². The van der Waals surface area contributed by atoms with Gasteiger partial charge < -0.3 is 9.52 Å². The molecule has 1 N–H and O–H groups in total. The number of aliphatic hydroxyl groups excluding tert-OH is 1. The molecule has 0 unspecified atom stereocenters. The molecule has 0 saturated heterocycles. The number of aliphatic hydroxyl groups is 1. The maximum Gasteiger partial charge on any atom is 0.153 e. The molecule has 10 heavy (non-hydrogen) atoms. The first kappa shape index (κ1) is 7.02. The van der Waals surface area contributed by atoms with Crippen LogP contribution in [0.25, 0.3) is 0 Å². The van der Waals surface area contributed by atoms with Crippen molar-refractivity contribution < 1.29 is 14.3 Å². The van der Waals surface area contributed by atoms with Crippen molar-refractivity contribution in [1.29, 1.82) is 0 Å². The van der Waals surface area contributed by atoms with Crippen LogP contribution in [-0.4, -0.2) is 11.4 Å². The Morgan fingerprint density at radius 3 is 2.80 bits per heavy atom. The van der Waals surface area contributed by atoms with Crippen molar-refractivity contribution in [2.75, 3.05) is 0 Å². The fourth-order valence-corrected chi connectivity index (χ4v) is 0.649. The van der Waals surface area contributed by atoms with Crippen LogP contribution in [0.4, 0.5) is 0 Å². The minimum absolute atomic E-state index is 0.419. The first-order valence-corrected chi connectivity index (χ1v) is 2.95. The molecule has 0 bridgehead atoms. The first-order chi connectivity index (χ1) is 4.74. The molecule has 0 aromatic carbocycles. The van der Waals surface area contributed by atoms with Crippen LogP contribution in [0.15, 0.2) is 16.7 Å². The van der Waals surface area contributed by atoms with Gasteiger partial charge in [0.2, 0.25) is 0 Å². The number of carbonyl (C=O) groups excluding carboxylic acids is 1. The molecule has 1 rings (SSSR count). The van der Waals surface area contributed by atoms with Gasteiger partial charge in [-0.1, -0.05) is 0 Å². The van der Waals surface area contributed by atoms with Gasteiger partial charge in [0.05, 0.1) is 5.56 Å². The fraction of sp³-hybridized carbons (Fsp3) is 0.286. The lowest BCUT2D eigenvalue weighted by atomic mass is 10.3. The van der Waals surface area contributed by atoms with Crippen LogP contribution in [0, 0.1) is 0 Å². The number of rotatable bonds is 2. The lowest BCUT2D eigenvalue weighted by molar-refractivity contribution is 0.112. The molecule has 0 spiro atoms. The van der Waals surface area contributed by atoms with Gasteiger partial charge in [0.25, 0.3) is 0 Å². The van der Waals surface area contributed by atoms with Gasteiger partial charge in [-0.2, -0.15) is 0 Å². The van der Waals surface area contributed by atoms with Crippen LogP contribution in [0.1, 0.15) is 29.1 Å². The summed E-state index contributed by atoms with van der Waals surface area (Å²) in [5.41, 5.74) is 0.455. The minimum atomic E-state index is -0.645. The Morgan fingerprint density at radius 2 is 2.50 bits per heavy atom. The Balaban J connectivity index is 2.88. The SMILES string of the molecule is C[C@H](O)c1cc(C=O)co1. The maximum absolute atomic E-state index is 10.1. The fourth-order valence-electron chi connectivity index (χ4n) is 0.649. The van der Waals surface area contributed by atoms with Crippen molar-refractivity contribution in [2.45, 2.75) is 13.0 Å². The predicted molar refractivity (Wildman–Crippen MR) is 34.7 cm³/mol. The third-order valence-corrected chi connectivity index (χ3v) is 1.19. The molecule has 54 valence electrons. The van der Waals surface area contributed by atoms with E-state index in [0.717, 1.165) is 0 Å². The smallest absolute Gasteiger partial charge is 0.153 e. The molecule has 0 amide bonds. The summed E-state index contributed by atoms with van der Waals surface area (Å²) in [5.74, 6) is 0.419. The van der Waals surface area contributed by atoms with Crippen LogP contribution in [-0.2, 0) is 0 Å². The zero-order chi connectivity index (χ0) is 7.56. The summed E-state index contributed by atoms with van der Waals surface area (Å²) in [6.07, 6.45) is 1.35. The summed E-state index contributed by atoms with van der Waals surface area (Å²) in [4.78, 5) is 10.1. The number of furan rings is 1. The van der Waals surface area contributed by atoms with E-state index >= 15 is 0 Å². The molecule has 3 heteroatoms. The molecule has 3 nitrogen and oxygen atoms in total. The molecular formula is C7H8O3. The molecule has 0 aliphatic rings. The molecule has 1 aromatic rings. The highest BCUT2D eigenvalue weighted by Crippen LogP contribution is 2.13. The lowest BCUT2D eigenvalue weighted by Crippen LogP contribution is -1.85. The van der Waals surface area contributed by atoms with Crippen molar-refractivity contribution in [3.63, 3.8) is 0 Å². The van der Waals surface area contributed by atoms with E-state index in [1.165, 1.54) is 12.3 Å². The number of aldehydes is 1. The highest BCUT2D eigenvalue weighted by atomic mass is 16.4. The number of hydrogen-bond acceptors (Lipinski definition) is 3. The first-order valence-electron chi connectivity index (χ1n) is 2.95. The van der Waals surface area contributed by atoms with Crippen molar-refractivity contribution in [1.82, 2.24) is 0 Å². The summed E-state index contributed by atoms with van der Waals surface area (Å²) in [7, 11) is 0. The number of hydrogen-bond donors (Lipinski definition) is 1. The lowest BCUT2D eigenvalue weighted by Gasteiger charge is -1.94. The van der Waals surface area contributed by atoms with E-state index in [-0.39, 0.29) is 0 Å². The van der Waals surface area contributed by atoms with E-state index in [2.05, 4.69) is 0 Å². The molecule has 0 aliphatic carbocycles.